The van der Waals surface area contributed by atoms with Gasteiger partial charge < -0.3 is 18.6 Å². The van der Waals surface area contributed by atoms with Gasteiger partial charge in [0.2, 0.25) is 11.5 Å². The third-order valence-corrected chi connectivity index (χ3v) is 3.32. The molecule has 0 unspecified atom stereocenters. The second-order valence-electron chi connectivity index (χ2n) is 5.33. The molecule has 2 aromatic rings. The molecule has 0 spiro atoms. The summed E-state index contributed by atoms with van der Waals surface area (Å²) in [6.07, 6.45) is 1.17. The molecule has 0 saturated carbocycles. The number of carbonyl (C=O) groups excluding carboxylic acids is 3. The molecule has 10 heteroatoms. The van der Waals surface area contributed by atoms with Gasteiger partial charge in [-0.05, 0) is 18.2 Å². The van der Waals surface area contributed by atoms with Crippen LogP contribution >= 0.6 is 0 Å². The Labute approximate surface area is 151 Å². The van der Waals surface area contributed by atoms with Gasteiger partial charge in [-0.25, -0.2) is 0 Å². The van der Waals surface area contributed by atoms with Crippen molar-refractivity contribution in [3.8, 4) is 17.2 Å². The molecular formula is C17H11NO9. The van der Waals surface area contributed by atoms with Crippen molar-refractivity contribution in [2.75, 3.05) is 0 Å². The summed E-state index contributed by atoms with van der Waals surface area (Å²) in [6, 6.07) is 5.05. The summed E-state index contributed by atoms with van der Waals surface area (Å²) in [4.78, 5) is 45.0. The zero-order valence-electron chi connectivity index (χ0n) is 14.0. The Bertz CT molecular complexity index is 1020. The normalized spacial score (nSPS) is 13.9. The Morgan fingerprint density at radius 3 is 2.41 bits per heavy atom. The highest BCUT2D eigenvalue weighted by Crippen LogP contribution is 2.46. The fourth-order valence-electron chi connectivity index (χ4n) is 2.33. The number of ketones is 1. The molecule has 1 aromatic carbocycles. The van der Waals surface area contributed by atoms with Gasteiger partial charge in [0, 0.05) is 19.9 Å². The molecule has 0 amide bonds. The molecule has 3 rings (SSSR count). The number of nitrogens with zero attached hydrogens (tertiary/aromatic N) is 1. The minimum atomic E-state index is -0.724. The number of esters is 2. The maximum absolute atomic E-state index is 12.5. The van der Waals surface area contributed by atoms with E-state index in [0.29, 0.717) is 0 Å². The Hall–Kier alpha value is -3.95. The molecule has 1 aromatic heterocycles. The molecule has 0 N–H and O–H groups in total. The first kappa shape index (κ1) is 17.9. The third kappa shape index (κ3) is 3.54. The maximum atomic E-state index is 12.5. The number of nitro groups is 1. The van der Waals surface area contributed by atoms with Crippen LogP contribution in [-0.2, 0) is 9.59 Å². The van der Waals surface area contributed by atoms with E-state index in [4.69, 9.17) is 18.6 Å². The standard InChI is InChI=1S/C17H11NO9/c1-8(19)24-12-5-4-11-15(21)13(27-16(11)17(12)25-9(2)20)7-10-3-6-14(26-10)18(22)23/h3-7H,1-2H3. The molecular weight excluding hydrogens is 362 g/mol. The number of carbonyl (C=O) groups is 3. The van der Waals surface area contributed by atoms with E-state index >= 15 is 0 Å². The molecule has 2 heterocycles. The fraction of sp³-hybridized carbons (Fsp3) is 0.118. The van der Waals surface area contributed by atoms with Crippen LogP contribution in [0.25, 0.3) is 6.08 Å². The number of allylic oxidation sites excluding steroid dienone is 1. The Morgan fingerprint density at radius 1 is 1.11 bits per heavy atom. The first-order valence-corrected chi connectivity index (χ1v) is 7.48. The number of ether oxygens (including phenoxy) is 3. The molecule has 0 radical (unpaired) electrons. The lowest BCUT2D eigenvalue weighted by Gasteiger charge is -2.11. The largest absolute Gasteiger partial charge is 0.448 e. The summed E-state index contributed by atoms with van der Waals surface area (Å²) >= 11 is 0. The summed E-state index contributed by atoms with van der Waals surface area (Å²) in [5.41, 5.74) is 0.0643. The van der Waals surface area contributed by atoms with E-state index in [9.17, 15) is 24.5 Å². The minimum Gasteiger partial charge on any atom is -0.448 e. The van der Waals surface area contributed by atoms with Crippen molar-refractivity contribution in [2.45, 2.75) is 13.8 Å². The van der Waals surface area contributed by atoms with Crippen molar-refractivity contribution in [3.05, 3.63) is 51.5 Å². The number of Topliss-reactive ketones (excluding diaryl/α,β-unsaturated/α-hetero) is 1. The summed E-state index contributed by atoms with van der Waals surface area (Å²) in [7, 11) is 0. The summed E-state index contributed by atoms with van der Waals surface area (Å²) < 4.78 is 20.4. The lowest BCUT2D eigenvalue weighted by Crippen LogP contribution is -2.08. The van der Waals surface area contributed by atoms with Gasteiger partial charge in [0.1, 0.15) is 10.7 Å². The van der Waals surface area contributed by atoms with Crippen LogP contribution < -0.4 is 14.2 Å². The van der Waals surface area contributed by atoms with Crippen LogP contribution in [0.3, 0.4) is 0 Å². The van der Waals surface area contributed by atoms with Gasteiger partial charge in [-0.15, -0.1) is 0 Å². The van der Waals surface area contributed by atoms with Gasteiger partial charge in [-0.1, -0.05) is 0 Å². The molecule has 0 saturated heterocycles. The van der Waals surface area contributed by atoms with Gasteiger partial charge in [-0.2, -0.15) is 0 Å². The zero-order valence-corrected chi connectivity index (χ0v) is 14.0. The molecule has 27 heavy (non-hydrogen) atoms. The topological polar surface area (TPSA) is 135 Å². The predicted octanol–water partition coefficient (Wildman–Crippen LogP) is 2.65. The highest BCUT2D eigenvalue weighted by Gasteiger charge is 2.34. The molecule has 1 aliphatic rings. The molecule has 138 valence electrons. The third-order valence-electron chi connectivity index (χ3n) is 3.32. The molecule has 0 aliphatic carbocycles. The molecule has 1 aliphatic heterocycles. The summed E-state index contributed by atoms with van der Waals surface area (Å²) in [5, 5.41) is 10.7. The Balaban J connectivity index is 2.02. The molecule has 0 fully saturated rings. The fourth-order valence-corrected chi connectivity index (χ4v) is 2.33. The highest BCUT2D eigenvalue weighted by atomic mass is 16.6. The zero-order chi connectivity index (χ0) is 19.7. The summed E-state index contributed by atoms with van der Waals surface area (Å²) in [5.74, 6) is -3.06. The number of rotatable bonds is 4. The van der Waals surface area contributed by atoms with E-state index in [-0.39, 0.29) is 34.3 Å². The number of fused-ring (bicyclic) bond motifs is 1. The van der Waals surface area contributed by atoms with Crippen molar-refractivity contribution in [1.82, 2.24) is 0 Å². The van der Waals surface area contributed by atoms with Crippen molar-refractivity contribution in [2.24, 2.45) is 0 Å². The summed E-state index contributed by atoms with van der Waals surface area (Å²) in [6.45, 7) is 2.29. The van der Waals surface area contributed by atoms with E-state index < -0.39 is 28.5 Å². The van der Waals surface area contributed by atoms with E-state index in [0.717, 1.165) is 19.9 Å². The lowest BCUT2D eigenvalue weighted by atomic mass is 10.1. The van der Waals surface area contributed by atoms with Crippen LogP contribution in [0.2, 0.25) is 0 Å². The maximum Gasteiger partial charge on any atom is 0.433 e. The Morgan fingerprint density at radius 2 is 1.81 bits per heavy atom. The average Bonchev–Trinajstić information content (AvgIpc) is 3.15. The van der Waals surface area contributed by atoms with Crippen molar-refractivity contribution < 1.29 is 37.9 Å². The van der Waals surface area contributed by atoms with Crippen molar-refractivity contribution in [3.63, 3.8) is 0 Å². The van der Waals surface area contributed by atoms with Crippen LogP contribution in [0.1, 0.15) is 30.0 Å². The van der Waals surface area contributed by atoms with Crippen LogP contribution in [-0.4, -0.2) is 22.6 Å². The van der Waals surface area contributed by atoms with Crippen LogP contribution in [0.15, 0.2) is 34.4 Å². The van der Waals surface area contributed by atoms with E-state index in [1.165, 1.54) is 24.3 Å². The van der Waals surface area contributed by atoms with E-state index in [2.05, 4.69) is 0 Å². The van der Waals surface area contributed by atoms with Gasteiger partial charge in [0.05, 0.1) is 11.6 Å². The SMILES string of the molecule is CC(=O)Oc1ccc2c(c1OC(C)=O)OC(=Cc1ccc([N+](=O)[O-])o1)C2=O. The van der Waals surface area contributed by atoms with Crippen LogP contribution in [0.5, 0.6) is 17.2 Å². The predicted molar refractivity (Wildman–Crippen MR) is 87.4 cm³/mol. The highest BCUT2D eigenvalue weighted by molar-refractivity contribution is 6.15. The van der Waals surface area contributed by atoms with Crippen LogP contribution in [0, 0.1) is 10.1 Å². The van der Waals surface area contributed by atoms with Crippen molar-refractivity contribution >= 4 is 29.7 Å². The minimum absolute atomic E-state index is 0.0205. The first-order valence-electron chi connectivity index (χ1n) is 7.48. The van der Waals surface area contributed by atoms with Gasteiger partial charge in [0.25, 0.3) is 0 Å². The van der Waals surface area contributed by atoms with Gasteiger partial charge >= 0.3 is 17.8 Å². The quantitative estimate of drug-likeness (QED) is 0.260. The Kier molecular flexibility index (Phi) is 4.46. The second kappa shape index (κ2) is 6.75. The smallest absolute Gasteiger partial charge is 0.433 e. The second-order valence-corrected chi connectivity index (χ2v) is 5.33. The first-order chi connectivity index (χ1) is 12.8. The van der Waals surface area contributed by atoms with Crippen molar-refractivity contribution in [1.29, 1.82) is 0 Å². The monoisotopic (exact) mass is 373 g/mol. The van der Waals surface area contributed by atoms with Gasteiger partial charge in [-0.3, -0.25) is 24.5 Å². The number of benzene rings is 1. The van der Waals surface area contributed by atoms with Crippen LogP contribution in [0.4, 0.5) is 5.88 Å². The molecule has 0 bridgehead atoms. The molecule has 0 atom stereocenters. The number of hydrogen-bond donors (Lipinski definition) is 0. The number of hydrogen-bond acceptors (Lipinski definition) is 9. The lowest BCUT2D eigenvalue weighted by molar-refractivity contribution is -0.402. The number of furan rings is 1. The molecule has 10 nitrogen and oxygen atoms in total. The van der Waals surface area contributed by atoms with Gasteiger partial charge in [0.15, 0.2) is 17.3 Å². The average molecular weight is 373 g/mol. The van der Waals surface area contributed by atoms with E-state index in [1.807, 2.05) is 0 Å². The van der Waals surface area contributed by atoms with E-state index in [1.54, 1.807) is 0 Å².